The minimum Gasteiger partial charge on any atom is -0.496 e. The summed E-state index contributed by atoms with van der Waals surface area (Å²) in [6.45, 7) is 0. The molecule has 0 fully saturated rings. The Balaban J connectivity index is 2.54. The molecule has 1 aromatic carbocycles. The number of hydrogen-bond acceptors (Lipinski definition) is 3. The first kappa shape index (κ1) is 13.2. The number of thiophene rings is 1. The summed E-state index contributed by atoms with van der Waals surface area (Å²) >= 11 is 13.2. The zero-order chi connectivity index (χ0) is 13.3. The number of halogens is 2. The van der Waals surface area contributed by atoms with Gasteiger partial charge in [-0.25, -0.2) is 4.79 Å². The van der Waals surface area contributed by atoms with Gasteiger partial charge in [0.25, 0.3) is 0 Å². The van der Waals surface area contributed by atoms with Crippen molar-refractivity contribution in [3.05, 3.63) is 38.5 Å². The topological polar surface area (TPSA) is 46.5 Å². The maximum Gasteiger partial charge on any atom is 0.339 e. The van der Waals surface area contributed by atoms with Crippen LogP contribution in [0.3, 0.4) is 0 Å². The van der Waals surface area contributed by atoms with Crippen LogP contribution in [0.15, 0.2) is 24.3 Å². The molecule has 94 valence electrons. The molecular formula is C12H8Cl2O3S. The Bertz CT molecular complexity index is 607. The van der Waals surface area contributed by atoms with E-state index >= 15 is 0 Å². The molecule has 0 aliphatic carbocycles. The van der Waals surface area contributed by atoms with Gasteiger partial charge < -0.3 is 9.84 Å². The average Bonchev–Trinajstić information content (AvgIpc) is 2.67. The number of carboxylic acid groups (broad SMARTS) is 1. The zero-order valence-electron chi connectivity index (χ0n) is 9.24. The SMILES string of the molecule is COc1cc(-c2cc(Cl)sc2Cl)ccc1C(=O)O. The number of methoxy groups -OCH3 is 1. The van der Waals surface area contributed by atoms with Crippen molar-refractivity contribution in [2.45, 2.75) is 0 Å². The van der Waals surface area contributed by atoms with Crippen molar-refractivity contribution in [1.29, 1.82) is 0 Å². The van der Waals surface area contributed by atoms with Crippen LogP contribution in [-0.2, 0) is 0 Å². The van der Waals surface area contributed by atoms with E-state index in [1.54, 1.807) is 18.2 Å². The molecule has 0 aliphatic heterocycles. The number of aromatic carboxylic acids is 1. The number of carboxylic acids is 1. The summed E-state index contributed by atoms with van der Waals surface area (Å²) < 4.78 is 6.20. The second-order valence-electron chi connectivity index (χ2n) is 3.46. The van der Waals surface area contributed by atoms with Crippen LogP contribution in [0.4, 0.5) is 0 Å². The summed E-state index contributed by atoms with van der Waals surface area (Å²) in [6.07, 6.45) is 0. The molecule has 2 rings (SSSR count). The van der Waals surface area contributed by atoms with E-state index in [9.17, 15) is 4.79 Å². The maximum absolute atomic E-state index is 11.0. The van der Waals surface area contributed by atoms with Crippen LogP contribution in [0.1, 0.15) is 10.4 Å². The number of benzene rings is 1. The normalized spacial score (nSPS) is 10.4. The zero-order valence-corrected chi connectivity index (χ0v) is 11.6. The van der Waals surface area contributed by atoms with Crippen molar-refractivity contribution in [2.24, 2.45) is 0 Å². The summed E-state index contributed by atoms with van der Waals surface area (Å²) in [4.78, 5) is 11.0. The molecule has 1 N–H and O–H groups in total. The second kappa shape index (κ2) is 5.18. The van der Waals surface area contributed by atoms with Crippen LogP contribution in [0.2, 0.25) is 8.67 Å². The number of rotatable bonds is 3. The van der Waals surface area contributed by atoms with E-state index in [-0.39, 0.29) is 5.56 Å². The summed E-state index contributed by atoms with van der Waals surface area (Å²) in [7, 11) is 1.42. The fourth-order valence-electron chi connectivity index (χ4n) is 1.57. The van der Waals surface area contributed by atoms with Gasteiger partial charge in [-0.1, -0.05) is 29.3 Å². The molecule has 1 heterocycles. The van der Waals surface area contributed by atoms with Crippen LogP contribution in [-0.4, -0.2) is 18.2 Å². The molecule has 0 radical (unpaired) electrons. The molecule has 18 heavy (non-hydrogen) atoms. The summed E-state index contributed by atoms with van der Waals surface area (Å²) in [5.41, 5.74) is 1.64. The van der Waals surface area contributed by atoms with E-state index in [1.165, 1.54) is 24.5 Å². The van der Waals surface area contributed by atoms with Gasteiger partial charge in [-0.15, -0.1) is 11.3 Å². The third kappa shape index (κ3) is 2.46. The first-order chi connectivity index (χ1) is 8.52. The van der Waals surface area contributed by atoms with Crippen molar-refractivity contribution in [3.63, 3.8) is 0 Å². The van der Waals surface area contributed by atoms with E-state index < -0.39 is 5.97 Å². The first-order valence-electron chi connectivity index (χ1n) is 4.89. The molecule has 3 nitrogen and oxygen atoms in total. The lowest BCUT2D eigenvalue weighted by molar-refractivity contribution is 0.0693. The van der Waals surface area contributed by atoms with Crippen molar-refractivity contribution in [1.82, 2.24) is 0 Å². The van der Waals surface area contributed by atoms with Gasteiger partial charge in [0, 0.05) is 5.56 Å². The van der Waals surface area contributed by atoms with Gasteiger partial charge in [-0.3, -0.25) is 0 Å². The van der Waals surface area contributed by atoms with Crippen molar-refractivity contribution in [3.8, 4) is 16.9 Å². The van der Waals surface area contributed by atoms with Crippen LogP contribution in [0.25, 0.3) is 11.1 Å². The molecule has 0 spiro atoms. The van der Waals surface area contributed by atoms with E-state index in [0.29, 0.717) is 14.4 Å². The Morgan fingerprint density at radius 3 is 2.56 bits per heavy atom. The Labute approximate surface area is 118 Å². The predicted molar refractivity (Wildman–Crippen MR) is 73.3 cm³/mol. The Morgan fingerprint density at radius 1 is 1.33 bits per heavy atom. The van der Waals surface area contributed by atoms with Crippen molar-refractivity contribution < 1.29 is 14.6 Å². The van der Waals surface area contributed by atoms with Gasteiger partial charge in [-0.05, 0) is 23.8 Å². The fourth-order valence-corrected chi connectivity index (χ4v) is 3.08. The van der Waals surface area contributed by atoms with E-state index in [0.717, 1.165) is 11.1 Å². The Kier molecular flexibility index (Phi) is 3.80. The molecule has 1 aromatic heterocycles. The predicted octanol–water partition coefficient (Wildman–Crippen LogP) is 4.43. The highest BCUT2D eigenvalue weighted by Crippen LogP contribution is 2.39. The summed E-state index contributed by atoms with van der Waals surface area (Å²) in [5.74, 6) is -0.744. The quantitative estimate of drug-likeness (QED) is 0.912. The summed E-state index contributed by atoms with van der Waals surface area (Å²) in [5, 5.41) is 8.99. The van der Waals surface area contributed by atoms with Crippen LogP contribution < -0.4 is 4.74 Å². The smallest absolute Gasteiger partial charge is 0.339 e. The molecule has 0 unspecified atom stereocenters. The lowest BCUT2D eigenvalue weighted by Crippen LogP contribution is -2.00. The Hall–Kier alpha value is -1.23. The molecular weight excluding hydrogens is 295 g/mol. The van der Waals surface area contributed by atoms with Crippen LogP contribution >= 0.6 is 34.5 Å². The first-order valence-corrected chi connectivity index (χ1v) is 6.46. The standard InChI is InChI=1S/C12H8Cl2O3S/c1-17-9-4-6(2-3-7(9)12(15)16)8-5-10(13)18-11(8)14/h2-5H,1H3,(H,15,16). The van der Waals surface area contributed by atoms with Gasteiger partial charge in [0.1, 0.15) is 15.6 Å². The lowest BCUT2D eigenvalue weighted by Gasteiger charge is -2.07. The lowest BCUT2D eigenvalue weighted by atomic mass is 10.1. The van der Waals surface area contributed by atoms with E-state index in [4.69, 9.17) is 33.0 Å². The highest BCUT2D eigenvalue weighted by atomic mass is 35.5. The third-order valence-corrected chi connectivity index (χ3v) is 3.89. The highest BCUT2D eigenvalue weighted by molar-refractivity contribution is 7.20. The van der Waals surface area contributed by atoms with Gasteiger partial charge in [0.15, 0.2) is 0 Å². The van der Waals surface area contributed by atoms with Gasteiger partial charge in [0.2, 0.25) is 0 Å². The summed E-state index contributed by atoms with van der Waals surface area (Å²) in [6, 6.07) is 6.53. The van der Waals surface area contributed by atoms with E-state index in [1.807, 2.05) is 0 Å². The van der Waals surface area contributed by atoms with Gasteiger partial charge in [0.05, 0.1) is 11.4 Å². The Morgan fingerprint density at radius 2 is 2.06 bits per heavy atom. The third-order valence-electron chi connectivity index (χ3n) is 2.40. The van der Waals surface area contributed by atoms with E-state index in [2.05, 4.69) is 0 Å². The van der Waals surface area contributed by atoms with Crippen LogP contribution in [0, 0.1) is 0 Å². The van der Waals surface area contributed by atoms with Gasteiger partial charge in [-0.2, -0.15) is 0 Å². The number of carbonyl (C=O) groups is 1. The number of hydrogen-bond donors (Lipinski definition) is 1. The highest BCUT2D eigenvalue weighted by Gasteiger charge is 2.14. The maximum atomic E-state index is 11.0. The molecule has 0 atom stereocenters. The molecule has 0 amide bonds. The average molecular weight is 303 g/mol. The number of ether oxygens (including phenoxy) is 1. The molecule has 6 heteroatoms. The molecule has 0 aliphatic rings. The molecule has 2 aromatic rings. The molecule has 0 saturated heterocycles. The second-order valence-corrected chi connectivity index (χ2v) is 5.74. The molecule has 0 bridgehead atoms. The fraction of sp³-hybridized carbons (Fsp3) is 0.0833. The van der Waals surface area contributed by atoms with Crippen LogP contribution in [0.5, 0.6) is 5.75 Å². The van der Waals surface area contributed by atoms with Gasteiger partial charge >= 0.3 is 5.97 Å². The minimum atomic E-state index is -1.03. The largest absolute Gasteiger partial charge is 0.496 e. The van der Waals surface area contributed by atoms with Crippen molar-refractivity contribution in [2.75, 3.05) is 7.11 Å². The van der Waals surface area contributed by atoms with Crippen molar-refractivity contribution >= 4 is 40.5 Å². The monoisotopic (exact) mass is 302 g/mol. The minimum absolute atomic E-state index is 0.110. The molecule has 0 saturated carbocycles.